The van der Waals surface area contributed by atoms with E-state index in [2.05, 4.69) is 25.4 Å². The van der Waals surface area contributed by atoms with Crippen molar-refractivity contribution in [2.24, 2.45) is 0 Å². The SMILES string of the molecule is Cc1cc(=O)n2c(n1)SCC2CC(=O)Nc1cc(C)nn1-c1nc(C)c(C)c(=O)[nH]1. The van der Waals surface area contributed by atoms with E-state index >= 15 is 0 Å². The number of fused-ring (bicyclic) bond motifs is 1. The first-order chi connectivity index (χ1) is 14.2. The van der Waals surface area contributed by atoms with Gasteiger partial charge in [-0.1, -0.05) is 11.8 Å². The number of aromatic amines is 1. The van der Waals surface area contributed by atoms with Crippen LogP contribution in [0.15, 0.2) is 26.9 Å². The Kier molecular flexibility index (Phi) is 5.06. The van der Waals surface area contributed by atoms with Gasteiger partial charge in [-0.2, -0.15) is 9.78 Å². The Hall–Kier alpha value is -3.21. The molecule has 0 spiro atoms. The van der Waals surface area contributed by atoms with E-state index < -0.39 is 0 Å². The van der Waals surface area contributed by atoms with E-state index in [1.54, 1.807) is 38.3 Å². The van der Waals surface area contributed by atoms with Crippen molar-refractivity contribution < 1.29 is 4.79 Å². The number of aryl methyl sites for hydroxylation is 3. The number of carbonyl (C=O) groups is 1. The van der Waals surface area contributed by atoms with Crippen LogP contribution in [-0.2, 0) is 4.79 Å². The van der Waals surface area contributed by atoms with Gasteiger partial charge in [0.1, 0.15) is 5.82 Å². The van der Waals surface area contributed by atoms with Crippen LogP contribution in [0.5, 0.6) is 0 Å². The number of carbonyl (C=O) groups excluding carboxylic acids is 1. The Morgan fingerprint density at radius 3 is 2.70 bits per heavy atom. The second-order valence-corrected chi connectivity index (χ2v) is 8.28. The lowest BCUT2D eigenvalue weighted by Crippen LogP contribution is -2.28. The summed E-state index contributed by atoms with van der Waals surface area (Å²) in [7, 11) is 0. The van der Waals surface area contributed by atoms with Crippen LogP contribution in [0.3, 0.4) is 0 Å². The van der Waals surface area contributed by atoms with Crippen LogP contribution in [0, 0.1) is 27.7 Å². The number of nitrogens with zero attached hydrogens (tertiary/aromatic N) is 5. The summed E-state index contributed by atoms with van der Waals surface area (Å²) < 4.78 is 2.97. The van der Waals surface area contributed by atoms with E-state index in [1.807, 2.05) is 0 Å². The lowest BCUT2D eigenvalue weighted by atomic mass is 10.2. The van der Waals surface area contributed by atoms with Crippen LogP contribution in [0.4, 0.5) is 5.82 Å². The molecule has 2 N–H and O–H groups in total. The summed E-state index contributed by atoms with van der Waals surface area (Å²) in [6, 6.07) is 2.89. The molecule has 0 saturated carbocycles. The third-order valence-corrected chi connectivity index (χ3v) is 6.02. The van der Waals surface area contributed by atoms with Gasteiger partial charge >= 0.3 is 0 Å². The van der Waals surface area contributed by atoms with Crippen molar-refractivity contribution in [3.8, 4) is 5.95 Å². The Morgan fingerprint density at radius 1 is 1.20 bits per heavy atom. The second-order valence-electron chi connectivity index (χ2n) is 7.29. The summed E-state index contributed by atoms with van der Waals surface area (Å²) >= 11 is 1.47. The van der Waals surface area contributed by atoms with Crippen LogP contribution >= 0.6 is 11.8 Å². The molecule has 4 heterocycles. The summed E-state index contributed by atoms with van der Waals surface area (Å²) in [5.41, 5.74) is 2.02. The highest BCUT2D eigenvalue weighted by atomic mass is 32.2. The van der Waals surface area contributed by atoms with Gasteiger partial charge in [0.15, 0.2) is 5.16 Å². The molecule has 30 heavy (non-hydrogen) atoms. The van der Waals surface area contributed by atoms with Crippen LogP contribution in [0.25, 0.3) is 5.95 Å². The first-order valence-corrected chi connectivity index (χ1v) is 10.4. The van der Waals surface area contributed by atoms with Gasteiger partial charge in [-0.3, -0.25) is 23.9 Å². The van der Waals surface area contributed by atoms with Crippen molar-refractivity contribution in [1.29, 1.82) is 0 Å². The van der Waals surface area contributed by atoms with E-state index in [-0.39, 0.29) is 35.4 Å². The number of rotatable bonds is 4. The monoisotopic (exact) mass is 427 g/mol. The van der Waals surface area contributed by atoms with Crippen LogP contribution in [0.2, 0.25) is 0 Å². The number of amides is 1. The second kappa shape index (κ2) is 7.56. The zero-order valence-corrected chi connectivity index (χ0v) is 17.8. The summed E-state index contributed by atoms with van der Waals surface area (Å²) in [4.78, 5) is 48.6. The highest BCUT2D eigenvalue weighted by molar-refractivity contribution is 7.99. The molecule has 1 aliphatic rings. The van der Waals surface area contributed by atoms with Crippen molar-refractivity contribution in [3.63, 3.8) is 0 Å². The fraction of sp³-hybridized carbons (Fsp3) is 0.368. The van der Waals surface area contributed by atoms with Crippen molar-refractivity contribution in [2.45, 2.75) is 45.3 Å². The molecule has 1 amide bonds. The normalized spacial score (nSPS) is 15.3. The Bertz CT molecular complexity index is 1270. The van der Waals surface area contributed by atoms with Gasteiger partial charge in [0.2, 0.25) is 11.9 Å². The van der Waals surface area contributed by atoms with E-state index in [0.717, 1.165) is 0 Å². The van der Waals surface area contributed by atoms with Crippen LogP contribution in [-0.4, -0.2) is 41.0 Å². The minimum absolute atomic E-state index is 0.117. The molecule has 1 unspecified atom stereocenters. The fourth-order valence-electron chi connectivity index (χ4n) is 3.30. The molecular weight excluding hydrogens is 406 g/mol. The van der Waals surface area contributed by atoms with Crippen molar-refractivity contribution in [3.05, 3.63) is 55.5 Å². The molecular formula is C19H21N7O3S. The number of nitrogens with one attached hydrogen (secondary N) is 2. The summed E-state index contributed by atoms with van der Waals surface area (Å²) in [6.45, 7) is 6.99. The quantitative estimate of drug-likeness (QED) is 0.603. The maximum Gasteiger partial charge on any atom is 0.255 e. The smallest absolute Gasteiger partial charge is 0.255 e. The molecule has 0 radical (unpaired) electrons. The third kappa shape index (κ3) is 3.67. The maximum absolute atomic E-state index is 12.7. The lowest BCUT2D eigenvalue weighted by molar-refractivity contribution is -0.116. The molecule has 0 saturated heterocycles. The lowest BCUT2D eigenvalue weighted by Gasteiger charge is -2.14. The average Bonchev–Trinajstić information content (AvgIpc) is 3.22. The predicted octanol–water partition coefficient (Wildman–Crippen LogP) is 1.42. The van der Waals surface area contributed by atoms with Gasteiger partial charge in [-0.25, -0.2) is 9.97 Å². The number of anilines is 1. The molecule has 4 rings (SSSR count). The maximum atomic E-state index is 12.7. The Labute approximate surface area is 175 Å². The van der Waals surface area contributed by atoms with Crippen molar-refractivity contribution in [2.75, 3.05) is 11.1 Å². The molecule has 11 heteroatoms. The highest BCUT2D eigenvalue weighted by Gasteiger charge is 2.28. The Morgan fingerprint density at radius 2 is 1.97 bits per heavy atom. The summed E-state index contributed by atoms with van der Waals surface area (Å²) in [6.07, 6.45) is 0.117. The number of aromatic nitrogens is 6. The molecule has 156 valence electrons. The van der Waals surface area contributed by atoms with E-state index in [1.165, 1.54) is 22.5 Å². The molecule has 0 aromatic carbocycles. The van der Waals surface area contributed by atoms with E-state index in [0.29, 0.717) is 39.4 Å². The zero-order valence-electron chi connectivity index (χ0n) is 17.0. The van der Waals surface area contributed by atoms with E-state index in [4.69, 9.17) is 0 Å². The van der Waals surface area contributed by atoms with Gasteiger partial charge in [-0.05, 0) is 27.7 Å². The third-order valence-electron chi connectivity index (χ3n) is 4.92. The van der Waals surface area contributed by atoms with Crippen molar-refractivity contribution >= 4 is 23.5 Å². The highest BCUT2D eigenvalue weighted by Crippen LogP contribution is 2.32. The van der Waals surface area contributed by atoms with Crippen molar-refractivity contribution in [1.82, 2.24) is 29.3 Å². The number of hydrogen-bond acceptors (Lipinski definition) is 7. The van der Waals surface area contributed by atoms with Gasteiger partial charge in [0.25, 0.3) is 11.1 Å². The zero-order chi connectivity index (χ0) is 21.6. The molecule has 0 fully saturated rings. The molecule has 3 aromatic heterocycles. The molecule has 0 aliphatic carbocycles. The molecule has 10 nitrogen and oxygen atoms in total. The van der Waals surface area contributed by atoms with Gasteiger partial charge < -0.3 is 5.32 Å². The minimum Gasteiger partial charge on any atom is -0.310 e. The largest absolute Gasteiger partial charge is 0.310 e. The van der Waals surface area contributed by atoms with Gasteiger partial charge in [0, 0.05) is 41.3 Å². The molecule has 0 bridgehead atoms. The molecule has 1 aliphatic heterocycles. The summed E-state index contributed by atoms with van der Waals surface area (Å²) in [5.74, 6) is 0.949. The van der Waals surface area contributed by atoms with Gasteiger partial charge in [0.05, 0.1) is 11.7 Å². The molecule has 3 aromatic rings. The van der Waals surface area contributed by atoms with Gasteiger partial charge in [-0.15, -0.1) is 0 Å². The Balaban J connectivity index is 1.58. The average molecular weight is 427 g/mol. The summed E-state index contributed by atoms with van der Waals surface area (Å²) in [5, 5.41) is 7.80. The topological polar surface area (TPSA) is 128 Å². The standard InChI is InChI=1S/C19H21N7O3S/c1-9-6-16(28)25-13(8-30-19(25)20-9)7-15(27)22-14-5-10(2)24-26(14)18-21-12(4)11(3)17(29)23-18/h5-6,13H,7-8H2,1-4H3,(H,22,27)(H,21,23,29). The number of H-pyrrole nitrogens is 1. The van der Waals surface area contributed by atoms with Crippen LogP contribution in [0.1, 0.15) is 35.1 Å². The number of hydrogen-bond donors (Lipinski definition) is 2. The first kappa shape index (κ1) is 20.1. The van der Waals surface area contributed by atoms with E-state index in [9.17, 15) is 14.4 Å². The van der Waals surface area contributed by atoms with Crippen LogP contribution < -0.4 is 16.4 Å². The fourth-order valence-corrected chi connectivity index (χ4v) is 4.50. The minimum atomic E-state index is -0.275. The number of thioether (sulfide) groups is 1. The predicted molar refractivity (Wildman–Crippen MR) is 112 cm³/mol. The first-order valence-electron chi connectivity index (χ1n) is 9.40. The molecule has 1 atom stereocenters.